The third kappa shape index (κ3) is 5.24. The van der Waals surface area contributed by atoms with Crippen molar-refractivity contribution in [2.24, 2.45) is 10.8 Å². The molecule has 34 heavy (non-hydrogen) atoms. The van der Waals surface area contributed by atoms with E-state index in [-0.39, 0.29) is 16.4 Å². The average molecular weight is 480 g/mol. The second-order valence-electron chi connectivity index (χ2n) is 8.53. The quantitative estimate of drug-likeness (QED) is 0.312. The number of hydrogen-bond donors (Lipinski definition) is 2. The van der Waals surface area contributed by atoms with Gasteiger partial charge in [0.2, 0.25) is 0 Å². The first-order chi connectivity index (χ1) is 16.4. The Balaban J connectivity index is 1.63. The summed E-state index contributed by atoms with van der Waals surface area (Å²) in [5.41, 5.74) is 9.84. The molecule has 0 bridgehead atoms. The van der Waals surface area contributed by atoms with E-state index in [9.17, 15) is 4.39 Å². The monoisotopic (exact) mass is 479 g/mol. The summed E-state index contributed by atoms with van der Waals surface area (Å²) in [7, 11) is 0. The number of rotatable bonds is 6. The number of halogens is 2. The van der Waals surface area contributed by atoms with E-state index in [1.165, 1.54) is 11.6 Å². The van der Waals surface area contributed by atoms with Crippen molar-refractivity contribution in [1.29, 1.82) is 0 Å². The molecule has 1 heterocycles. The molecule has 1 unspecified atom stereocenters. The first-order valence-electron chi connectivity index (χ1n) is 11.0. The molecule has 0 aromatic heterocycles. The van der Waals surface area contributed by atoms with Crippen LogP contribution in [0.5, 0.6) is 0 Å². The fourth-order valence-electron chi connectivity index (χ4n) is 4.43. The van der Waals surface area contributed by atoms with Crippen LogP contribution >= 0.6 is 12.2 Å². The number of nitrogens with two attached hydrogens (primary N) is 1. The van der Waals surface area contributed by atoms with Crippen LogP contribution in [0.25, 0.3) is 0 Å². The van der Waals surface area contributed by atoms with Gasteiger partial charge in [0.25, 0.3) is 0 Å². The van der Waals surface area contributed by atoms with Crippen molar-refractivity contribution in [2.75, 3.05) is 24.5 Å². The Labute approximate surface area is 203 Å². The first kappa shape index (κ1) is 23.8. The molecular weight excluding hydrogens is 452 g/mol. The van der Waals surface area contributed by atoms with E-state index >= 15 is 4.39 Å². The molecular formula is C26H27F2N5S. The Hall–Kier alpha value is -3.36. The SMILES string of the molecule is CC1(c2ccccc2)CN(c2cc(F)c(/C=N/NC(N)=S)cc2F)CCN1Cc1ccccc1. The molecule has 0 amide bonds. The van der Waals surface area contributed by atoms with Gasteiger partial charge in [0, 0.05) is 37.8 Å². The van der Waals surface area contributed by atoms with Gasteiger partial charge in [-0.3, -0.25) is 10.3 Å². The van der Waals surface area contributed by atoms with Gasteiger partial charge in [-0.15, -0.1) is 0 Å². The number of piperazine rings is 1. The fourth-order valence-corrected chi connectivity index (χ4v) is 4.48. The third-order valence-electron chi connectivity index (χ3n) is 6.23. The van der Waals surface area contributed by atoms with Crippen LogP contribution < -0.4 is 16.1 Å². The molecule has 0 radical (unpaired) electrons. The second-order valence-corrected chi connectivity index (χ2v) is 8.97. The van der Waals surface area contributed by atoms with Crippen molar-refractivity contribution >= 4 is 29.2 Å². The molecule has 3 N–H and O–H groups in total. The van der Waals surface area contributed by atoms with Crippen molar-refractivity contribution in [3.8, 4) is 0 Å². The zero-order chi connectivity index (χ0) is 24.1. The number of nitrogens with zero attached hydrogens (tertiary/aromatic N) is 3. The van der Waals surface area contributed by atoms with E-state index in [0.717, 1.165) is 24.4 Å². The van der Waals surface area contributed by atoms with E-state index in [0.29, 0.717) is 19.6 Å². The third-order valence-corrected chi connectivity index (χ3v) is 6.32. The van der Waals surface area contributed by atoms with Crippen molar-refractivity contribution in [3.63, 3.8) is 0 Å². The molecule has 176 valence electrons. The van der Waals surface area contributed by atoms with Gasteiger partial charge in [0.05, 0.1) is 17.4 Å². The minimum atomic E-state index is -0.571. The molecule has 1 aliphatic rings. The molecule has 3 aromatic rings. The predicted octanol–water partition coefficient (Wildman–Crippen LogP) is 4.37. The lowest BCUT2D eigenvalue weighted by Gasteiger charge is -2.50. The summed E-state index contributed by atoms with van der Waals surface area (Å²) in [5, 5.41) is 3.68. The maximum Gasteiger partial charge on any atom is 0.184 e. The average Bonchev–Trinajstić information content (AvgIpc) is 2.83. The molecule has 1 aliphatic heterocycles. The van der Waals surface area contributed by atoms with Gasteiger partial charge in [0.1, 0.15) is 11.6 Å². The highest BCUT2D eigenvalue weighted by molar-refractivity contribution is 7.80. The molecule has 5 nitrogen and oxygen atoms in total. The van der Waals surface area contributed by atoms with Crippen molar-refractivity contribution in [1.82, 2.24) is 10.3 Å². The maximum atomic E-state index is 15.1. The summed E-state index contributed by atoms with van der Waals surface area (Å²) >= 11 is 4.66. The largest absolute Gasteiger partial charge is 0.375 e. The van der Waals surface area contributed by atoms with Gasteiger partial charge in [-0.05, 0) is 36.3 Å². The maximum absolute atomic E-state index is 15.1. The van der Waals surface area contributed by atoms with Crippen LogP contribution in [-0.2, 0) is 12.1 Å². The van der Waals surface area contributed by atoms with Gasteiger partial charge in [-0.25, -0.2) is 8.78 Å². The molecule has 1 atom stereocenters. The molecule has 4 rings (SSSR count). The van der Waals surface area contributed by atoms with Crippen LogP contribution in [0.15, 0.2) is 77.9 Å². The van der Waals surface area contributed by atoms with E-state index in [1.807, 2.05) is 41.3 Å². The molecule has 0 spiro atoms. The Morgan fingerprint density at radius 2 is 1.74 bits per heavy atom. The zero-order valence-electron chi connectivity index (χ0n) is 18.9. The second kappa shape index (κ2) is 10.3. The van der Waals surface area contributed by atoms with Gasteiger partial charge in [0.15, 0.2) is 5.11 Å². The number of thiocarbonyl (C=S) groups is 1. The Morgan fingerprint density at radius 1 is 1.06 bits per heavy atom. The number of hydrogen-bond acceptors (Lipinski definition) is 4. The van der Waals surface area contributed by atoms with Crippen LogP contribution in [0, 0.1) is 11.6 Å². The minimum absolute atomic E-state index is 0.0125. The van der Waals surface area contributed by atoms with E-state index in [4.69, 9.17) is 5.73 Å². The Morgan fingerprint density at radius 3 is 2.41 bits per heavy atom. The lowest BCUT2D eigenvalue weighted by atomic mass is 9.86. The topological polar surface area (TPSA) is 56.9 Å². The van der Waals surface area contributed by atoms with E-state index in [1.54, 1.807) is 0 Å². The van der Waals surface area contributed by atoms with Crippen LogP contribution in [0.1, 0.15) is 23.6 Å². The highest BCUT2D eigenvalue weighted by Crippen LogP contribution is 2.36. The van der Waals surface area contributed by atoms with E-state index in [2.05, 4.69) is 58.8 Å². The molecule has 1 fully saturated rings. The van der Waals surface area contributed by atoms with Gasteiger partial charge >= 0.3 is 0 Å². The standard InChI is InChI=1S/C26H27F2N5S/c1-26(21-10-6-3-7-11-21)18-32(12-13-33(26)17-19-8-4-2-5-9-19)24-15-22(27)20(14-23(24)28)16-30-31-25(29)34/h2-11,14-16H,12-13,17-18H2,1H3,(H3,29,31,34)/b30-16+. The zero-order valence-corrected chi connectivity index (χ0v) is 19.7. The highest BCUT2D eigenvalue weighted by Gasteiger charge is 2.40. The minimum Gasteiger partial charge on any atom is -0.375 e. The van der Waals surface area contributed by atoms with Crippen molar-refractivity contribution < 1.29 is 8.78 Å². The Bertz CT molecular complexity index is 1170. The predicted molar refractivity (Wildman–Crippen MR) is 137 cm³/mol. The number of benzene rings is 3. The summed E-state index contributed by atoms with van der Waals surface area (Å²) < 4.78 is 29.9. The summed E-state index contributed by atoms with van der Waals surface area (Å²) in [4.78, 5) is 4.33. The van der Waals surface area contributed by atoms with Crippen LogP contribution in [0.3, 0.4) is 0 Å². The summed E-state index contributed by atoms with van der Waals surface area (Å²) in [5.74, 6) is -1.08. The first-order valence-corrected chi connectivity index (χ1v) is 11.4. The summed E-state index contributed by atoms with van der Waals surface area (Å²) in [6, 6.07) is 22.8. The molecule has 0 saturated carbocycles. The van der Waals surface area contributed by atoms with Gasteiger partial charge in [-0.2, -0.15) is 5.10 Å². The summed E-state index contributed by atoms with van der Waals surface area (Å²) in [6.07, 6.45) is 1.16. The van der Waals surface area contributed by atoms with Crippen LogP contribution in [-0.4, -0.2) is 35.9 Å². The lowest BCUT2D eigenvalue weighted by Crippen LogP contribution is -2.58. The molecule has 3 aromatic carbocycles. The number of hydrazone groups is 1. The lowest BCUT2D eigenvalue weighted by molar-refractivity contribution is 0.0780. The van der Waals surface area contributed by atoms with Crippen molar-refractivity contribution in [3.05, 3.63) is 101 Å². The van der Waals surface area contributed by atoms with Crippen LogP contribution in [0.4, 0.5) is 14.5 Å². The van der Waals surface area contributed by atoms with Crippen LogP contribution in [0.2, 0.25) is 0 Å². The van der Waals surface area contributed by atoms with Crippen molar-refractivity contribution in [2.45, 2.75) is 19.0 Å². The molecule has 1 saturated heterocycles. The Kier molecular flexibility index (Phi) is 7.19. The smallest absolute Gasteiger partial charge is 0.184 e. The highest BCUT2D eigenvalue weighted by atomic mass is 32.1. The molecule has 0 aliphatic carbocycles. The normalized spacial score (nSPS) is 18.9. The number of nitrogens with one attached hydrogen (secondary N) is 1. The fraction of sp³-hybridized carbons (Fsp3) is 0.231. The number of anilines is 1. The van der Waals surface area contributed by atoms with Gasteiger partial charge in [-0.1, -0.05) is 60.7 Å². The van der Waals surface area contributed by atoms with Gasteiger partial charge < -0.3 is 10.6 Å². The van der Waals surface area contributed by atoms with E-state index < -0.39 is 17.2 Å². The molecule has 8 heteroatoms. The summed E-state index contributed by atoms with van der Waals surface area (Å²) in [6.45, 7) is 4.71.